The highest BCUT2D eigenvalue weighted by molar-refractivity contribution is 5.84. The second-order valence-corrected chi connectivity index (χ2v) is 6.39. The quantitative estimate of drug-likeness (QED) is 0.881. The Kier molecular flexibility index (Phi) is 5.01. The van der Waals surface area contributed by atoms with Gasteiger partial charge >= 0.3 is 0 Å². The lowest BCUT2D eigenvalue weighted by Gasteiger charge is -2.20. The summed E-state index contributed by atoms with van der Waals surface area (Å²) in [7, 11) is 0. The van der Waals surface area contributed by atoms with Gasteiger partial charge in [0.15, 0.2) is 0 Å². The van der Waals surface area contributed by atoms with Gasteiger partial charge in [0.05, 0.1) is 17.7 Å². The molecule has 1 aliphatic heterocycles. The molecule has 0 spiro atoms. The highest BCUT2D eigenvalue weighted by Crippen LogP contribution is 2.22. The van der Waals surface area contributed by atoms with E-state index in [1.807, 2.05) is 30.0 Å². The number of likely N-dealkylation sites (tertiary alicyclic amines) is 1. The van der Waals surface area contributed by atoms with E-state index in [4.69, 9.17) is 5.26 Å². The largest absolute Gasteiger partial charge is 0.508 e. The predicted molar refractivity (Wildman–Crippen MR) is 94.6 cm³/mol. The lowest BCUT2D eigenvalue weighted by atomic mass is 10.1. The van der Waals surface area contributed by atoms with Gasteiger partial charge in [0, 0.05) is 19.1 Å². The maximum absolute atomic E-state index is 12.6. The fourth-order valence-corrected chi connectivity index (χ4v) is 3.15. The number of nitrogens with one attached hydrogen (secondary N) is 1. The Labute approximate surface area is 147 Å². The van der Waals surface area contributed by atoms with E-state index in [0.717, 1.165) is 17.5 Å². The summed E-state index contributed by atoms with van der Waals surface area (Å²) < 4.78 is 0. The fraction of sp³-hybridized carbons (Fsp3) is 0.300. The number of hydrogen-bond acceptors (Lipinski definition) is 4. The summed E-state index contributed by atoms with van der Waals surface area (Å²) in [6.45, 7) is 3.26. The zero-order valence-electron chi connectivity index (χ0n) is 14.1. The Hall–Kier alpha value is -2.84. The van der Waals surface area contributed by atoms with E-state index in [1.165, 1.54) is 0 Å². The summed E-state index contributed by atoms with van der Waals surface area (Å²) in [5.74, 6) is 0.322. The Morgan fingerprint density at radius 3 is 2.76 bits per heavy atom. The standard InChI is InChI=1S/C20H21N3O2/c1-14(17-3-2-4-18(24)11-17)22-19-9-10-23(20(19)25)13-16-7-5-15(12-21)6-8-16/h2-8,11,14,19,22,24H,9-10,13H2,1H3/t14-,19+/m1/s1. The molecule has 0 bridgehead atoms. The number of phenolic OH excluding ortho intramolecular Hbond substituents is 1. The van der Waals surface area contributed by atoms with E-state index in [1.54, 1.807) is 30.3 Å². The molecule has 1 saturated heterocycles. The number of nitriles is 1. The van der Waals surface area contributed by atoms with E-state index in [-0.39, 0.29) is 23.7 Å². The molecule has 1 aliphatic rings. The summed E-state index contributed by atoms with van der Waals surface area (Å²) in [5.41, 5.74) is 2.60. The van der Waals surface area contributed by atoms with Crippen molar-refractivity contribution >= 4 is 5.91 Å². The summed E-state index contributed by atoms with van der Waals surface area (Å²) in [4.78, 5) is 14.5. The van der Waals surface area contributed by atoms with Gasteiger partial charge in [0.1, 0.15) is 5.75 Å². The number of carbonyl (C=O) groups is 1. The van der Waals surface area contributed by atoms with Crippen molar-refractivity contribution in [1.82, 2.24) is 10.2 Å². The van der Waals surface area contributed by atoms with Gasteiger partial charge in [-0.05, 0) is 48.7 Å². The van der Waals surface area contributed by atoms with Crippen LogP contribution in [0, 0.1) is 11.3 Å². The maximum Gasteiger partial charge on any atom is 0.240 e. The average molecular weight is 335 g/mol. The van der Waals surface area contributed by atoms with Gasteiger partial charge in [0.25, 0.3) is 0 Å². The first-order valence-corrected chi connectivity index (χ1v) is 8.39. The Balaban J connectivity index is 1.60. The Morgan fingerprint density at radius 1 is 1.32 bits per heavy atom. The van der Waals surface area contributed by atoms with Crippen LogP contribution in [0.4, 0.5) is 0 Å². The molecule has 5 nitrogen and oxygen atoms in total. The molecule has 2 atom stereocenters. The highest BCUT2D eigenvalue weighted by Gasteiger charge is 2.32. The van der Waals surface area contributed by atoms with E-state index >= 15 is 0 Å². The molecule has 0 radical (unpaired) electrons. The molecule has 1 heterocycles. The number of rotatable bonds is 5. The van der Waals surface area contributed by atoms with Crippen LogP contribution in [0.1, 0.15) is 36.1 Å². The molecule has 1 fully saturated rings. The zero-order valence-corrected chi connectivity index (χ0v) is 14.1. The maximum atomic E-state index is 12.6. The van der Waals surface area contributed by atoms with Crippen LogP contribution >= 0.6 is 0 Å². The minimum Gasteiger partial charge on any atom is -0.508 e. The highest BCUT2D eigenvalue weighted by atomic mass is 16.3. The van der Waals surface area contributed by atoms with Crippen molar-refractivity contribution < 1.29 is 9.90 Å². The molecule has 128 valence electrons. The van der Waals surface area contributed by atoms with Crippen molar-refractivity contribution in [3.05, 3.63) is 65.2 Å². The van der Waals surface area contributed by atoms with Crippen LogP contribution < -0.4 is 5.32 Å². The van der Waals surface area contributed by atoms with Gasteiger partial charge in [-0.2, -0.15) is 5.26 Å². The summed E-state index contributed by atoms with van der Waals surface area (Å²) in [5, 5.41) is 21.8. The van der Waals surface area contributed by atoms with Crippen molar-refractivity contribution in [2.75, 3.05) is 6.54 Å². The number of phenols is 1. The SMILES string of the molecule is C[C@@H](N[C@H]1CCN(Cc2ccc(C#N)cc2)C1=O)c1cccc(O)c1. The van der Waals surface area contributed by atoms with E-state index < -0.39 is 0 Å². The lowest BCUT2D eigenvalue weighted by Crippen LogP contribution is -2.39. The molecular formula is C20H21N3O2. The van der Waals surface area contributed by atoms with Crippen LogP contribution in [0.25, 0.3) is 0 Å². The Bertz CT molecular complexity index is 795. The fourth-order valence-electron chi connectivity index (χ4n) is 3.15. The monoisotopic (exact) mass is 335 g/mol. The second kappa shape index (κ2) is 7.37. The molecule has 0 unspecified atom stereocenters. The van der Waals surface area contributed by atoms with Crippen LogP contribution in [0.15, 0.2) is 48.5 Å². The van der Waals surface area contributed by atoms with Gasteiger partial charge < -0.3 is 10.0 Å². The minimum atomic E-state index is -0.212. The topological polar surface area (TPSA) is 76.4 Å². The molecule has 3 rings (SSSR count). The zero-order chi connectivity index (χ0) is 17.8. The van der Waals surface area contributed by atoms with Crippen molar-refractivity contribution in [3.8, 4) is 11.8 Å². The smallest absolute Gasteiger partial charge is 0.240 e. The van der Waals surface area contributed by atoms with Crippen LogP contribution in [0.2, 0.25) is 0 Å². The second-order valence-electron chi connectivity index (χ2n) is 6.39. The van der Waals surface area contributed by atoms with Gasteiger partial charge in [-0.15, -0.1) is 0 Å². The number of carbonyl (C=O) groups excluding carboxylic acids is 1. The van der Waals surface area contributed by atoms with Gasteiger partial charge in [-0.25, -0.2) is 0 Å². The molecule has 1 amide bonds. The van der Waals surface area contributed by atoms with Crippen molar-refractivity contribution in [2.24, 2.45) is 0 Å². The average Bonchev–Trinajstić information content (AvgIpc) is 2.96. The molecule has 5 heteroatoms. The van der Waals surface area contributed by atoms with Gasteiger partial charge in [0.2, 0.25) is 5.91 Å². The number of amides is 1. The van der Waals surface area contributed by atoms with Crippen molar-refractivity contribution in [3.63, 3.8) is 0 Å². The molecule has 2 aromatic rings. The molecule has 0 saturated carbocycles. The molecule has 2 N–H and O–H groups in total. The van der Waals surface area contributed by atoms with Crippen LogP contribution in [-0.2, 0) is 11.3 Å². The number of hydrogen-bond donors (Lipinski definition) is 2. The summed E-state index contributed by atoms with van der Waals surface area (Å²) in [6.07, 6.45) is 0.762. The molecule has 0 aliphatic carbocycles. The third-order valence-electron chi connectivity index (χ3n) is 4.58. The van der Waals surface area contributed by atoms with Crippen LogP contribution in [-0.4, -0.2) is 28.5 Å². The normalized spacial score (nSPS) is 18.2. The first kappa shape index (κ1) is 17.0. The molecule has 25 heavy (non-hydrogen) atoms. The van der Waals surface area contributed by atoms with E-state index in [2.05, 4.69) is 11.4 Å². The van der Waals surface area contributed by atoms with E-state index in [0.29, 0.717) is 18.7 Å². The first-order chi connectivity index (χ1) is 12.1. The number of aromatic hydroxyl groups is 1. The third-order valence-corrected chi connectivity index (χ3v) is 4.58. The number of benzene rings is 2. The summed E-state index contributed by atoms with van der Waals surface area (Å²) >= 11 is 0. The van der Waals surface area contributed by atoms with Crippen LogP contribution in [0.3, 0.4) is 0 Å². The number of nitrogens with zero attached hydrogens (tertiary/aromatic N) is 2. The molecular weight excluding hydrogens is 314 g/mol. The Morgan fingerprint density at radius 2 is 2.08 bits per heavy atom. The lowest BCUT2D eigenvalue weighted by molar-refractivity contribution is -0.130. The van der Waals surface area contributed by atoms with Gasteiger partial charge in [-0.3, -0.25) is 10.1 Å². The van der Waals surface area contributed by atoms with Crippen LogP contribution in [0.5, 0.6) is 5.75 Å². The van der Waals surface area contributed by atoms with E-state index in [9.17, 15) is 9.90 Å². The van der Waals surface area contributed by atoms with Gasteiger partial charge in [-0.1, -0.05) is 24.3 Å². The third kappa shape index (κ3) is 3.98. The predicted octanol–water partition coefficient (Wildman–Crippen LogP) is 2.72. The summed E-state index contributed by atoms with van der Waals surface area (Å²) in [6, 6.07) is 16.3. The van der Waals surface area contributed by atoms with Crippen molar-refractivity contribution in [1.29, 1.82) is 5.26 Å². The molecule has 2 aromatic carbocycles. The van der Waals surface area contributed by atoms with Crippen molar-refractivity contribution in [2.45, 2.75) is 32.0 Å². The minimum absolute atomic E-state index is 0.0177. The molecule has 0 aromatic heterocycles. The first-order valence-electron chi connectivity index (χ1n) is 8.39.